The molecule has 3 saturated heterocycles. The molecule has 0 aliphatic carbocycles. The summed E-state index contributed by atoms with van der Waals surface area (Å²) in [6, 6.07) is -0.942. The molecule has 0 radical (unpaired) electrons. The number of hydrogen-bond donors (Lipinski definition) is 1. The Hall–Kier alpha value is -1.35. The van der Waals surface area contributed by atoms with Gasteiger partial charge in [-0.15, -0.1) is 0 Å². The number of rotatable bonds is 1. The van der Waals surface area contributed by atoms with Crippen LogP contribution in [0.15, 0.2) is 5.11 Å². The highest BCUT2D eigenvalue weighted by atomic mass is 79.9. The van der Waals surface area contributed by atoms with E-state index in [1.54, 1.807) is 6.92 Å². The van der Waals surface area contributed by atoms with E-state index in [2.05, 4.69) is 31.3 Å². The van der Waals surface area contributed by atoms with E-state index < -0.39 is 34.8 Å². The number of urea groups is 1. The SMILES string of the molecule is C[C@@]1(Br)C(=O)NC(=O)N2[C@H]1OC[C@H]1O[C@@H]2C[C@@H]1N=[N+]=[N-]. The lowest BCUT2D eigenvalue weighted by atomic mass is 10.0. The van der Waals surface area contributed by atoms with Crippen molar-refractivity contribution in [1.29, 1.82) is 0 Å². The monoisotopic (exact) mass is 345 g/mol. The third-order valence-electron chi connectivity index (χ3n) is 3.75. The zero-order valence-electron chi connectivity index (χ0n) is 10.5. The summed E-state index contributed by atoms with van der Waals surface area (Å²) >= 11 is 3.31. The van der Waals surface area contributed by atoms with Crippen LogP contribution >= 0.6 is 15.9 Å². The summed E-state index contributed by atoms with van der Waals surface area (Å²) in [6.45, 7) is 1.79. The highest BCUT2D eigenvalue weighted by molar-refractivity contribution is 9.10. The second-order valence-corrected chi connectivity index (χ2v) is 6.71. The number of nitrogens with one attached hydrogen (secondary N) is 1. The van der Waals surface area contributed by atoms with Crippen molar-refractivity contribution in [2.24, 2.45) is 5.11 Å². The fourth-order valence-corrected chi connectivity index (χ4v) is 3.14. The van der Waals surface area contributed by atoms with Crippen molar-refractivity contribution in [3.63, 3.8) is 0 Å². The Bertz CT molecular complexity index is 520. The molecule has 2 bridgehead atoms. The zero-order chi connectivity index (χ0) is 14.5. The van der Waals surface area contributed by atoms with E-state index in [9.17, 15) is 9.59 Å². The van der Waals surface area contributed by atoms with Gasteiger partial charge < -0.3 is 9.47 Å². The van der Waals surface area contributed by atoms with Crippen molar-refractivity contribution < 1.29 is 19.1 Å². The van der Waals surface area contributed by atoms with E-state index in [0.717, 1.165) is 0 Å². The normalized spacial score (nSPS) is 43.4. The number of imide groups is 1. The number of fused-ring (bicyclic) bond motifs is 4. The largest absolute Gasteiger partial charge is 0.353 e. The van der Waals surface area contributed by atoms with Gasteiger partial charge in [0.05, 0.1) is 18.8 Å². The Balaban J connectivity index is 1.93. The quantitative estimate of drug-likeness (QED) is 0.328. The summed E-state index contributed by atoms with van der Waals surface area (Å²) in [6.07, 6.45) is -1.36. The molecule has 9 nitrogen and oxygen atoms in total. The van der Waals surface area contributed by atoms with Gasteiger partial charge in [-0.3, -0.25) is 15.0 Å². The molecule has 10 heteroatoms. The average Bonchev–Trinajstić information content (AvgIpc) is 2.64. The van der Waals surface area contributed by atoms with Crippen LogP contribution in [-0.2, 0) is 14.3 Å². The molecule has 3 fully saturated rings. The average molecular weight is 346 g/mol. The van der Waals surface area contributed by atoms with Crippen LogP contribution in [0.4, 0.5) is 4.79 Å². The molecule has 0 saturated carbocycles. The molecule has 0 aromatic heterocycles. The number of azide groups is 1. The van der Waals surface area contributed by atoms with E-state index in [0.29, 0.717) is 6.42 Å². The second-order valence-electron chi connectivity index (χ2n) is 5.06. The van der Waals surface area contributed by atoms with Gasteiger partial charge in [-0.05, 0) is 12.5 Å². The predicted molar refractivity (Wildman–Crippen MR) is 68.7 cm³/mol. The minimum atomic E-state index is -1.05. The Morgan fingerprint density at radius 2 is 2.35 bits per heavy atom. The number of hydrogen-bond acceptors (Lipinski definition) is 5. The van der Waals surface area contributed by atoms with Crippen molar-refractivity contribution in [2.75, 3.05) is 6.61 Å². The third-order valence-corrected chi connectivity index (χ3v) is 4.50. The lowest BCUT2D eigenvalue weighted by Crippen LogP contribution is -2.69. The Labute approximate surface area is 122 Å². The Kier molecular flexibility index (Phi) is 3.13. The van der Waals surface area contributed by atoms with Crippen molar-refractivity contribution in [1.82, 2.24) is 10.2 Å². The standard InChI is InChI=1S/C10H12BrN5O4/c1-10(11)7(17)13-9(18)16-6-2-4(14-15-12)5(20-6)3-19-8(10)16/h4-6,8H,2-3H2,1H3,(H,13,17,18)/t4-,5+,6+,8-,10+/m0/s1. The molecular weight excluding hydrogens is 334 g/mol. The molecule has 1 N–H and O–H groups in total. The molecule has 3 amide bonds. The Morgan fingerprint density at radius 3 is 3.05 bits per heavy atom. The highest BCUT2D eigenvalue weighted by Crippen LogP contribution is 2.39. The van der Waals surface area contributed by atoms with Crippen molar-refractivity contribution >= 4 is 27.9 Å². The van der Waals surface area contributed by atoms with Crippen LogP contribution < -0.4 is 5.32 Å². The van der Waals surface area contributed by atoms with Crippen LogP contribution in [0.5, 0.6) is 0 Å². The molecule has 0 unspecified atom stereocenters. The lowest BCUT2D eigenvalue weighted by Gasteiger charge is -2.44. The van der Waals surface area contributed by atoms with Gasteiger partial charge in [0.25, 0.3) is 0 Å². The topological polar surface area (TPSA) is 117 Å². The predicted octanol–water partition coefficient (Wildman–Crippen LogP) is 0.842. The minimum absolute atomic E-state index is 0.156. The molecule has 20 heavy (non-hydrogen) atoms. The first-order valence-electron chi connectivity index (χ1n) is 6.09. The maximum atomic E-state index is 12.0. The van der Waals surface area contributed by atoms with Crippen molar-refractivity contribution in [2.45, 2.75) is 42.3 Å². The number of amides is 3. The first-order chi connectivity index (χ1) is 9.45. The molecular formula is C10H12BrN5O4. The number of halogens is 1. The van der Waals surface area contributed by atoms with Crippen LogP contribution in [0.1, 0.15) is 13.3 Å². The Morgan fingerprint density at radius 1 is 1.60 bits per heavy atom. The number of nitrogens with zero attached hydrogens (tertiary/aromatic N) is 4. The first-order valence-corrected chi connectivity index (χ1v) is 6.88. The molecule has 0 aromatic carbocycles. The van der Waals surface area contributed by atoms with Gasteiger partial charge in [0.15, 0.2) is 6.23 Å². The summed E-state index contributed by atoms with van der Waals surface area (Å²) in [7, 11) is 0. The fraction of sp³-hybridized carbons (Fsp3) is 0.800. The summed E-state index contributed by atoms with van der Waals surface area (Å²) in [5, 5.41) is 5.92. The number of carbonyl (C=O) groups is 2. The maximum absolute atomic E-state index is 12.0. The van der Waals surface area contributed by atoms with Gasteiger partial charge >= 0.3 is 6.03 Å². The van der Waals surface area contributed by atoms with Crippen LogP contribution in [0.2, 0.25) is 0 Å². The van der Waals surface area contributed by atoms with E-state index in [1.807, 2.05) is 0 Å². The molecule has 3 aliphatic rings. The van der Waals surface area contributed by atoms with Crippen LogP contribution in [0, 0.1) is 0 Å². The third kappa shape index (κ3) is 1.87. The smallest absolute Gasteiger partial charge is 0.328 e. The number of carbonyl (C=O) groups excluding carboxylic acids is 2. The van der Waals surface area contributed by atoms with Gasteiger partial charge in [0.2, 0.25) is 5.91 Å². The summed E-state index contributed by atoms with van der Waals surface area (Å²) in [5.41, 5.74) is 8.54. The number of ether oxygens (including phenoxy) is 2. The molecule has 3 rings (SSSR count). The van der Waals surface area contributed by atoms with E-state index in [1.165, 1.54) is 4.90 Å². The van der Waals surface area contributed by atoms with Crippen LogP contribution in [0.3, 0.4) is 0 Å². The van der Waals surface area contributed by atoms with Gasteiger partial charge in [-0.25, -0.2) is 4.79 Å². The van der Waals surface area contributed by atoms with Gasteiger partial charge in [-0.2, -0.15) is 0 Å². The van der Waals surface area contributed by atoms with Crippen LogP contribution in [0.25, 0.3) is 10.4 Å². The van der Waals surface area contributed by atoms with E-state index >= 15 is 0 Å². The minimum Gasteiger partial charge on any atom is -0.353 e. The fourth-order valence-electron chi connectivity index (χ4n) is 2.69. The first kappa shape index (κ1) is 13.6. The van der Waals surface area contributed by atoms with Gasteiger partial charge in [0.1, 0.15) is 10.6 Å². The highest BCUT2D eigenvalue weighted by Gasteiger charge is 2.56. The lowest BCUT2D eigenvalue weighted by molar-refractivity contribution is -0.140. The van der Waals surface area contributed by atoms with Crippen molar-refractivity contribution in [3.05, 3.63) is 10.4 Å². The molecule has 0 aromatic rings. The maximum Gasteiger partial charge on any atom is 0.328 e. The molecule has 3 heterocycles. The van der Waals surface area contributed by atoms with Gasteiger partial charge in [-0.1, -0.05) is 21.0 Å². The van der Waals surface area contributed by atoms with E-state index in [-0.39, 0.29) is 12.6 Å². The molecule has 5 atom stereocenters. The summed E-state index contributed by atoms with van der Waals surface area (Å²) in [5.74, 6) is -0.451. The van der Waals surface area contributed by atoms with Gasteiger partial charge in [0, 0.05) is 11.3 Å². The van der Waals surface area contributed by atoms with E-state index in [4.69, 9.17) is 15.0 Å². The molecule has 3 aliphatic heterocycles. The molecule has 0 spiro atoms. The second kappa shape index (κ2) is 4.59. The molecule has 108 valence electrons. The number of alkyl halides is 1. The summed E-state index contributed by atoms with van der Waals surface area (Å²) < 4.78 is 10.3. The van der Waals surface area contributed by atoms with Crippen molar-refractivity contribution in [3.8, 4) is 0 Å². The summed E-state index contributed by atoms with van der Waals surface area (Å²) in [4.78, 5) is 28.0. The zero-order valence-corrected chi connectivity index (χ0v) is 12.1. The van der Waals surface area contributed by atoms with Crippen LogP contribution in [-0.4, -0.2) is 52.4 Å².